The first-order valence-electron chi connectivity index (χ1n) is 0.698. The summed E-state index contributed by atoms with van der Waals surface area (Å²) in [6, 6.07) is 0. The molecule has 0 aliphatic rings. The zero-order valence-electron chi connectivity index (χ0n) is 2.62. The van der Waals surface area contributed by atoms with Crippen LogP contribution in [0.1, 0.15) is 0 Å². The number of hydrogen-bond acceptors (Lipinski definition) is 2. The molecule has 6 heavy (non-hydrogen) atoms. The van der Waals surface area contributed by atoms with Crippen LogP contribution in [0, 0.1) is 7.43 Å². The second-order valence-electron chi connectivity index (χ2n) is 0.448. The van der Waals surface area contributed by atoms with Crippen LogP contribution >= 0.6 is 0 Å². The molecule has 0 spiro atoms. The van der Waals surface area contributed by atoms with Crippen molar-refractivity contribution < 1.29 is 17.5 Å². The zero-order chi connectivity index (χ0) is 4.50. The normalized spacial score (nSPS) is 9.67. The predicted octanol–water partition coefficient (Wildman–Crippen LogP) is -0.572. The predicted molar refractivity (Wildman–Crippen MR) is 17.4 cm³/mol. The lowest BCUT2D eigenvalue weighted by molar-refractivity contribution is 0.381. The molecule has 36 valence electrons. The average molecular weight is 110 g/mol. The first kappa shape index (κ1) is 9.30. The van der Waals surface area contributed by atoms with Crippen molar-refractivity contribution >= 4 is 10.4 Å². The van der Waals surface area contributed by atoms with Crippen LogP contribution < -0.4 is 0 Å². The van der Waals surface area contributed by atoms with E-state index in [2.05, 4.69) is 0 Å². The van der Waals surface area contributed by atoms with Crippen molar-refractivity contribution in [2.24, 2.45) is 0 Å². The van der Waals surface area contributed by atoms with Gasteiger partial charge in [0.25, 0.3) is 0 Å². The summed E-state index contributed by atoms with van der Waals surface area (Å²) in [4.78, 5) is 0. The third-order valence-electron chi connectivity index (χ3n) is 0. The maximum Gasteiger partial charge on any atom is 0.394 e. The maximum atomic E-state index is 8.74. The Morgan fingerprint density at radius 3 is 1.17 bits per heavy atom. The average Bonchev–Trinajstić information content (AvgIpc) is 0.722. The van der Waals surface area contributed by atoms with Crippen LogP contribution in [0.15, 0.2) is 0 Å². The van der Waals surface area contributed by atoms with Crippen LogP contribution in [0.4, 0.5) is 0 Å². The van der Waals surface area contributed by atoms with E-state index in [-0.39, 0.29) is 7.43 Å². The van der Waals surface area contributed by atoms with Gasteiger partial charge >= 0.3 is 10.4 Å². The molecule has 0 aliphatic carbocycles. The van der Waals surface area contributed by atoms with E-state index >= 15 is 0 Å². The van der Waals surface area contributed by atoms with E-state index in [1.54, 1.807) is 0 Å². The molecule has 0 amide bonds. The minimum atomic E-state index is -4.67. The van der Waals surface area contributed by atoms with Gasteiger partial charge in [-0.25, -0.2) is 0 Å². The van der Waals surface area contributed by atoms with Crippen molar-refractivity contribution in [3.05, 3.63) is 7.43 Å². The minimum Gasteiger partial charge on any atom is -0.264 e. The Morgan fingerprint density at radius 1 is 1.17 bits per heavy atom. The fraction of sp³-hybridized carbons (Fsp3) is 0. The van der Waals surface area contributed by atoms with E-state index in [1.165, 1.54) is 0 Å². The summed E-state index contributed by atoms with van der Waals surface area (Å²) in [5.41, 5.74) is 0. The minimum absolute atomic E-state index is 0. The van der Waals surface area contributed by atoms with Crippen molar-refractivity contribution in [2.45, 2.75) is 0 Å². The Kier molecular flexibility index (Phi) is 3.28. The van der Waals surface area contributed by atoms with Gasteiger partial charge in [0, 0.05) is 7.43 Å². The molecule has 0 bridgehead atoms. The molecule has 0 saturated carbocycles. The van der Waals surface area contributed by atoms with Crippen molar-refractivity contribution in [1.82, 2.24) is 0 Å². The lowest BCUT2D eigenvalue weighted by Crippen LogP contribution is -1.89. The van der Waals surface area contributed by atoms with Gasteiger partial charge in [-0.15, -0.1) is 0 Å². The number of hydrogen-bond donors (Lipinski definition) is 2. The summed E-state index contributed by atoms with van der Waals surface area (Å²) in [6.45, 7) is 0. The van der Waals surface area contributed by atoms with Gasteiger partial charge in [-0.2, -0.15) is 8.42 Å². The lowest BCUT2D eigenvalue weighted by atomic mass is 12.0. The molecule has 4 nitrogen and oxygen atoms in total. The third-order valence-corrected chi connectivity index (χ3v) is 0. The van der Waals surface area contributed by atoms with Crippen LogP contribution in [0.3, 0.4) is 0 Å². The molecule has 0 aromatic carbocycles. The summed E-state index contributed by atoms with van der Waals surface area (Å²) in [7, 11) is -4.67. The monoisotopic (exact) mass is 110 g/mol. The molecule has 0 atom stereocenters. The molecule has 0 fully saturated rings. The Labute approximate surface area is 36.4 Å². The van der Waals surface area contributed by atoms with Gasteiger partial charge in [0.1, 0.15) is 0 Å². The molecule has 0 aliphatic heterocycles. The smallest absolute Gasteiger partial charge is 0.264 e. The molecular weight excluding hydrogens is 108 g/mol. The van der Waals surface area contributed by atoms with Crippen molar-refractivity contribution in [1.29, 1.82) is 0 Å². The van der Waals surface area contributed by atoms with E-state index in [0.717, 1.165) is 0 Å². The second kappa shape index (κ2) is 2.12. The van der Waals surface area contributed by atoms with Crippen LogP contribution in [0.5, 0.6) is 0 Å². The van der Waals surface area contributed by atoms with Crippen molar-refractivity contribution in [3.63, 3.8) is 0 Å². The van der Waals surface area contributed by atoms with Crippen LogP contribution in [0.2, 0.25) is 0 Å². The summed E-state index contributed by atoms with van der Waals surface area (Å²) in [5, 5.41) is 0. The van der Waals surface area contributed by atoms with Crippen LogP contribution in [-0.4, -0.2) is 17.5 Å². The largest absolute Gasteiger partial charge is 0.394 e. The first-order valence-corrected chi connectivity index (χ1v) is 2.10. The SMILES string of the molecule is O=S(=O)(O)O.[C]. The van der Waals surface area contributed by atoms with Crippen molar-refractivity contribution in [3.8, 4) is 0 Å². The van der Waals surface area contributed by atoms with E-state index in [9.17, 15) is 0 Å². The van der Waals surface area contributed by atoms with Gasteiger partial charge in [0.15, 0.2) is 0 Å². The van der Waals surface area contributed by atoms with Gasteiger partial charge in [0.05, 0.1) is 0 Å². The quantitative estimate of drug-likeness (QED) is 0.409. The lowest BCUT2D eigenvalue weighted by Gasteiger charge is -1.68. The van der Waals surface area contributed by atoms with Gasteiger partial charge < -0.3 is 0 Å². The molecule has 0 aromatic rings. The molecule has 0 unspecified atom stereocenters. The molecule has 5 heteroatoms. The van der Waals surface area contributed by atoms with E-state index in [4.69, 9.17) is 17.5 Å². The highest BCUT2D eigenvalue weighted by atomic mass is 32.3. The molecule has 4 radical (unpaired) electrons. The fourth-order valence-corrected chi connectivity index (χ4v) is 0. The van der Waals surface area contributed by atoms with Crippen LogP contribution in [0.25, 0.3) is 0 Å². The standard InChI is InChI=1S/C.H2O4S/c;1-5(2,3)4/h;(H2,1,2,3,4). The summed E-state index contributed by atoms with van der Waals surface area (Å²) >= 11 is 0. The molecular formula is CH2O4S. The van der Waals surface area contributed by atoms with Gasteiger partial charge in [-0.3, -0.25) is 9.11 Å². The highest BCUT2D eigenvalue weighted by Gasteiger charge is 1.84. The molecule has 0 saturated heterocycles. The summed E-state index contributed by atoms with van der Waals surface area (Å²) in [5.74, 6) is 0. The molecule has 0 rings (SSSR count). The highest BCUT2D eigenvalue weighted by Crippen LogP contribution is 1.59. The summed E-state index contributed by atoms with van der Waals surface area (Å²) < 4.78 is 31.6. The molecule has 2 N–H and O–H groups in total. The van der Waals surface area contributed by atoms with Gasteiger partial charge in [-0.1, -0.05) is 0 Å². The third kappa shape index (κ3) is 1890. The Bertz CT molecular complexity index is 90.7. The van der Waals surface area contributed by atoms with E-state index in [0.29, 0.717) is 0 Å². The Balaban J connectivity index is 0. The zero-order valence-corrected chi connectivity index (χ0v) is 3.44. The van der Waals surface area contributed by atoms with Crippen molar-refractivity contribution in [2.75, 3.05) is 0 Å². The van der Waals surface area contributed by atoms with Crippen LogP contribution in [-0.2, 0) is 10.4 Å². The van der Waals surface area contributed by atoms with E-state index in [1.807, 2.05) is 0 Å². The highest BCUT2D eigenvalue weighted by molar-refractivity contribution is 7.79. The number of rotatable bonds is 0. The topological polar surface area (TPSA) is 74.6 Å². The first-order chi connectivity index (χ1) is 2.00. The maximum absolute atomic E-state index is 8.74. The van der Waals surface area contributed by atoms with E-state index < -0.39 is 10.4 Å². The van der Waals surface area contributed by atoms with Gasteiger partial charge in [0.2, 0.25) is 0 Å². The Morgan fingerprint density at radius 2 is 1.17 bits per heavy atom. The Hall–Kier alpha value is -0.130. The van der Waals surface area contributed by atoms with Gasteiger partial charge in [-0.05, 0) is 0 Å². The fourth-order valence-electron chi connectivity index (χ4n) is 0. The molecule has 0 aromatic heterocycles. The summed E-state index contributed by atoms with van der Waals surface area (Å²) in [6.07, 6.45) is 0. The second-order valence-corrected chi connectivity index (χ2v) is 1.34. The molecule has 0 heterocycles.